The van der Waals surface area contributed by atoms with Crippen molar-refractivity contribution in [3.63, 3.8) is 0 Å². The van der Waals surface area contributed by atoms with Gasteiger partial charge in [-0.3, -0.25) is 0 Å². The summed E-state index contributed by atoms with van der Waals surface area (Å²) in [6.07, 6.45) is -4.91. The highest BCUT2D eigenvalue weighted by atomic mass is 19.4. The van der Waals surface area contributed by atoms with E-state index >= 15 is 0 Å². The van der Waals surface area contributed by atoms with Crippen LogP contribution in [-0.2, 0) is 25.2 Å². The van der Waals surface area contributed by atoms with Gasteiger partial charge < -0.3 is 14.8 Å². The van der Waals surface area contributed by atoms with Crippen LogP contribution in [0.15, 0.2) is 40.7 Å². The molecule has 144 valence electrons. The number of benzene rings is 1. The number of ether oxygens (including phenoxy) is 2. The van der Waals surface area contributed by atoms with Gasteiger partial charge in [-0.05, 0) is 23.8 Å². The number of hydrogen-bond donors (Lipinski definition) is 1. The quantitative estimate of drug-likeness (QED) is 0.636. The first-order valence-corrected chi connectivity index (χ1v) is 7.60. The molecule has 27 heavy (non-hydrogen) atoms. The van der Waals surface area contributed by atoms with Gasteiger partial charge in [-0.25, -0.2) is 18.4 Å². The molecule has 1 atom stereocenters. The fourth-order valence-corrected chi connectivity index (χ4v) is 3.18. The fraction of sp³-hybridized carbons (Fsp3) is 0.294. The Bertz CT molecular complexity index is 888. The van der Waals surface area contributed by atoms with Crippen LogP contribution in [0.4, 0.5) is 22.0 Å². The normalized spacial score (nSPS) is 19.6. The van der Waals surface area contributed by atoms with Crippen molar-refractivity contribution >= 4 is 11.9 Å². The third kappa shape index (κ3) is 3.15. The maximum atomic E-state index is 13.8. The number of alkyl halides is 4. The summed E-state index contributed by atoms with van der Waals surface area (Å²) in [5.41, 5.74) is -3.19. The summed E-state index contributed by atoms with van der Waals surface area (Å²) >= 11 is 0. The van der Waals surface area contributed by atoms with Crippen LogP contribution < -0.4 is 5.32 Å². The summed E-state index contributed by atoms with van der Waals surface area (Å²) in [6.45, 7) is -1.58. The van der Waals surface area contributed by atoms with E-state index < -0.39 is 53.2 Å². The van der Waals surface area contributed by atoms with Gasteiger partial charge in [0.15, 0.2) is 0 Å². The van der Waals surface area contributed by atoms with Gasteiger partial charge in [-0.15, -0.1) is 0 Å². The minimum atomic E-state index is -4.91. The lowest BCUT2D eigenvalue weighted by molar-refractivity contribution is -0.140. The molecule has 0 aromatic heterocycles. The van der Waals surface area contributed by atoms with Crippen molar-refractivity contribution in [3.05, 3.63) is 57.7 Å². The molecule has 0 spiro atoms. The van der Waals surface area contributed by atoms with Crippen LogP contribution in [0.1, 0.15) is 17.0 Å². The standard InChI is InChI=1S/C17H12F5NO4/c1-26-15(24)13-10(5-18)23-11-6-27-16(25)14(11)12(13)8-4-7(19)2-3-9(8)17(20,21)22/h2-4,12,23H,5-6H2,1H3/t12-/m0/s1. The third-order valence-electron chi connectivity index (χ3n) is 4.27. The van der Waals surface area contributed by atoms with Crippen molar-refractivity contribution in [3.8, 4) is 0 Å². The maximum absolute atomic E-state index is 13.8. The monoisotopic (exact) mass is 389 g/mol. The number of nitrogens with one attached hydrogen (secondary N) is 1. The highest BCUT2D eigenvalue weighted by Crippen LogP contribution is 2.46. The van der Waals surface area contributed by atoms with Crippen LogP contribution >= 0.6 is 0 Å². The number of carbonyl (C=O) groups excluding carboxylic acids is 2. The maximum Gasteiger partial charge on any atom is 0.416 e. The Morgan fingerprint density at radius 3 is 2.67 bits per heavy atom. The highest BCUT2D eigenvalue weighted by Gasteiger charge is 2.46. The average molecular weight is 389 g/mol. The molecular weight excluding hydrogens is 377 g/mol. The molecule has 0 fully saturated rings. The summed E-state index contributed by atoms with van der Waals surface area (Å²) in [5, 5.41) is 2.50. The largest absolute Gasteiger partial charge is 0.466 e. The van der Waals surface area contributed by atoms with Crippen molar-refractivity contribution in [2.45, 2.75) is 12.1 Å². The number of rotatable bonds is 3. The van der Waals surface area contributed by atoms with E-state index in [-0.39, 0.29) is 23.6 Å². The molecule has 0 saturated carbocycles. The zero-order chi connectivity index (χ0) is 19.9. The number of dihydropyridines is 1. The Hall–Kier alpha value is -2.91. The number of halogens is 5. The Labute approximate surface area is 149 Å². The van der Waals surface area contributed by atoms with Gasteiger partial charge in [-0.1, -0.05) is 0 Å². The molecule has 0 amide bonds. The number of carbonyl (C=O) groups is 2. The second-order valence-electron chi connectivity index (χ2n) is 5.77. The first-order valence-electron chi connectivity index (χ1n) is 7.60. The van der Waals surface area contributed by atoms with E-state index in [1.54, 1.807) is 0 Å². The number of esters is 2. The zero-order valence-electron chi connectivity index (χ0n) is 13.7. The number of allylic oxidation sites excluding steroid dienone is 1. The van der Waals surface area contributed by atoms with Crippen LogP contribution in [0.3, 0.4) is 0 Å². The molecule has 10 heteroatoms. The molecule has 0 saturated heterocycles. The molecule has 0 bridgehead atoms. The third-order valence-corrected chi connectivity index (χ3v) is 4.27. The van der Waals surface area contributed by atoms with Crippen molar-refractivity contribution < 1.29 is 41.0 Å². The lowest BCUT2D eigenvalue weighted by atomic mass is 9.78. The van der Waals surface area contributed by atoms with Crippen LogP contribution in [0.2, 0.25) is 0 Å². The van der Waals surface area contributed by atoms with Crippen LogP contribution in [0.5, 0.6) is 0 Å². The predicted molar refractivity (Wildman–Crippen MR) is 80.3 cm³/mol. The first kappa shape index (κ1) is 18.9. The summed E-state index contributed by atoms with van der Waals surface area (Å²) < 4.78 is 77.1. The average Bonchev–Trinajstić information content (AvgIpc) is 2.99. The van der Waals surface area contributed by atoms with E-state index in [2.05, 4.69) is 10.1 Å². The zero-order valence-corrected chi connectivity index (χ0v) is 13.7. The van der Waals surface area contributed by atoms with Gasteiger partial charge in [-0.2, -0.15) is 13.2 Å². The molecule has 0 unspecified atom stereocenters. The van der Waals surface area contributed by atoms with Crippen molar-refractivity contribution in [1.82, 2.24) is 5.32 Å². The molecule has 5 nitrogen and oxygen atoms in total. The molecule has 1 aromatic carbocycles. The lowest BCUT2D eigenvalue weighted by Crippen LogP contribution is -2.32. The van der Waals surface area contributed by atoms with E-state index in [1.807, 2.05) is 0 Å². The minimum absolute atomic E-state index is 0.0164. The van der Waals surface area contributed by atoms with Gasteiger partial charge in [0.05, 0.1) is 41.1 Å². The summed E-state index contributed by atoms with van der Waals surface area (Å²) in [6, 6.07) is 1.66. The molecule has 0 radical (unpaired) electrons. The van der Waals surface area contributed by atoms with Gasteiger partial charge in [0, 0.05) is 0 Å². The second-order valence-corrected chi connectivity index (χ2v) is 5.77. The van der Waals surface area contributed by atoms with Gasteiger partial charge in [0.1, 0.15) is 19.1 Å². The first-order chi connectivity index (χ1) is 12.7. The number of methoxy groups -OCH3 is 1. The number of hydrogen-bond acceptors (Lipinski definition) is 5. The molecule has 0 aliphatic carbocycles. The van der Waals surface area contributed by atoms with Gasteiger partial charge >= 0.3 is 18.1 Å². The molecule has 2 aliphatic heterocycles. The molecule has 1 aromatic rings. The lowest BCUT2D eigenvalue weighted by Gasteiger charge is -2.29. The Morgan fingerprint density at radius 1 is 1.37 bits per heavy atom. The molecule has 2 heterocycles. The van der Waals surface area contributed by atoms with Gasteiger partial charge in [0.25, 0.3) is 0 Å². The van der Waals surface area contributed by atoms with Crippen molar-refractivity contribution in [1.29, 1.82) is 0 Å². The van der Waals surface area contributed by atoms with E-state index in [1.165, 1.54) is 0 Å². The van der Waals surface area contributed by atoms with Gasteiger partial charge in [0.2, 0.25) is 0 Å². The minimum Gasteiger partial charge on any atom is -0.466 e. The van der Waals surface area contributed by atoms with E-state index in [9.17, 15) is 31.5 Å². The van der Waals surface area contributed by atoms with E-state index in [4.69, 9.17) is 4.74 Å². The van der Waals surface area contributed by atoms with Crippen molar-refractivity contribution in [2.24, 2.45) is 0 Å². The highest BCUT2D eigenvalue weighted by molar-refractivity contribution is 6.01. The summed E-state index contributed by atoms with van der Waals surface area (Å²) in [4.78, 5) is 24.4. The second kappa shape index (κ2) is 6.67. The SMILES string of the molecule is COC(=O)C1=C(CF)NC2=C(C(=O)OC2)[C@H]1c1cc(F)ccc1C(F)(F)F. The topological polar surface area (TPSA) is 64.6 Å². The van der Waals surface area contributed by atoms with Crippen LogP contribution in [0.25, 0.3) is 0 Å². The predicted octanol–water partition coefficient (Wildman–Crippen LogP) is 2.74. The van der Waals surface area contributed by atoms with Crippen molar-refractivity contribution in [2.75, 3.05) is 20.4 Å². The van der Waals surface area contributed by atoms with E-state index in [0.29, 0.717) is 18.2 Å². The Balaban J connectivity index is 2.33. The smallest absolute Gasteiger partial charge is 0.416 e. The van der Waals surface area contributed by atoms with E-state index in [0.717, 1.165) is 7.11 Å². The molecular formula is C17H12F5NO4. The summed E-state index contributed by atoms with van der Waals surface area (Å²) in [5.74, 6) is -4.85. The van der Waals surface area contributed by atoms with Crippen LogP contribution in [-0.4, -0.2) is 32.3 Å². The fourth-order valence-electron chi connectivity index (χ4n) is 3.18. The summed E-state index contributed by atoms with van der Waals surface area (Å²) in [7, 11) is 0.954. The molecule has 3 rings (SSSR count). The Kier molecular flexibility index (Phi) is 4.66. The molecule has 2 aliphatic rings. The van der Waals surface area contributed by atoms with Crippen LogP contribution in [0, 0.1) is 5.82 Å². The molecule has 1 N–H and O–H groups in total. The number of cyclic esters (lactones) is 1. The Morgan fingerprint density at radius 2 is 2.07 bits per heavy atom.